The molecule has 0 aliphatic carbocycles. The number of aliphatic hydroxyl groups is 1. The Balaban J connectivity index is 1.92. The predicted octanol–water partition coefficient (Wildman–Crippen LogP) is 0.122. The lowest BCUT2D eigenvalue weighted by Crippen LogP contribution is -2.47. The molecule has 0 bridgehead atoms. The van der Waals surface area contributed by atoms with Crippen LogP contribution in [0.4, 0.5) is 5.69 Å². The van der Waals surface area contributed by atoms with Gasteiger partial charge in [-0.3, -0.25) is 4.79 Å². The first kappa shape index (κ1) is 18.9. The normalized spacial score (nSPS) is 18.3. The number of carbonyl (C=O) groups excluding carboxylic acids is 1. The van der Waals surface area contributed by atoms with Crippen LogP contribution in [0.5, 0.6) is 5.88 Å². The van der Waals surface area contributed by atoms with Gasteiger partial charge in [-0.2, -0.15) is 12.7 Å². The summed E-state index contributed by atoms with van der Waals surface area (Å²) in [4.78, 5) is 16.6. The Labute approximate surface area is 153 Å². The van der Waals surface area contributed by atoms with Crippen molar-refractivity contribution in [1.82, 2.24) is 14.6 Å². The summed E-state index contributed by atoms with van der Waals surface area (Å²) in [6.07, 6.45) is 3.02. The summed E-state index contributed by atoms with van der Waals surface area (Å²) in [6.45, 7) is 4.50. The van der Waals surface area contributed by atoms with E-state index in [2.05, 4.69) is 10.3 Å². The maximum Gasteiger partial charge on any atom is 0.304 e. The number of nitrogens with one attached hydrogen (secondary N) is 1. The smallest absolute Gasteiger partial charge is 0.304 e. The largest absolute Gasteiger partial charge is 0.474 e. The molecule has 1 fully saturated rings. The molecule has 0 saturated carbocycles. The number of rotatable bonds is 5. The van der Waals surface area contributed by atoms with Crippen LogP contribution in [0.1, 0.15) is 37.0 Å². The minimum atomic E-state index is -3.68. The lowest BCUT2D eigenvalue weighted by Gasteiger charge is -2.33. The van der Waals surface area contributed by atoms with Gasteiger partial charge >= 0.3 is 10.2 Å². The number of aromatic nitrogens is 1. The Morgan fingerprint density at radius 2 is 2.04 bits per heavy atom. The van der Waals surface area contributed by atoms with E-state index in [4.69, 9.17) is 4.74 Å². The molecular weight excluding hydrogens is 360 g/mol. The van der Waals surface area contributed by atoms with E-state index in [1.165, 1.54) is 20.9 Å². The van der Waals surface area contributed by atoms with Gasteiger partial charge < -0.3 is 15.2 Å². The summed E-state index contributed by atoms with van der Waals surface area (Å²) in [7, 11) is -3.68. The van der Waals surface area contributed by atoms with E-state index >= 15 is 0 Å². The van der Waals surface area contributed by atoms with E-state index in [-0.39, 0.29) is 36.9 Å². The van der Waals surface area contributed by atoms with Gasteiger partial charge in [0.2, 0.25) is 5.88 Å². The number of aliphatic hydroxyl groups excluding tert-OH is 1. The van der Waals surface area contributed by atoms with Crippen LogP contribution < -0.4 is 14.4 Å². The van der Waals surface area contributed by atoms with Crippen molar-refractivity contribution in [3.63, 3.8) is 0 Å². The molecule has 1 amide bonds. The standard InChI is InChI=1S/C16H24N4O5S/c1-16(2,11-21)18-14(22)12-9-13-15(17-10-12)25-8-7-20(13)26(23,24)19-5-3-4-6-19/h9-10,21H,3-8,11H2,1-2H3,(H,18,22). The Morgan fingerprint density at radius 3 is 2.69 bits per heavy atom. The molecule has 2 aliphatic heterocycles. The number of hydrogen-bond acceptors (Lipinski definition) is 6. The molecule has 0 unspecified atom stereocenters. The Morgan fingerprint density at radius 1 is 1.35 bits per heavy atom. The van der Waals surface area contributed by atoms with Gasteiger partial charge in [0, 0.05) is 19.3 Å². The number of hydrogen-bond donors (Lipinski definition) is 2. The number of fused-ring (bicyclic) bond motifs is 1. The zero-order chi connectivity index (χ0) is 18.9. The molecule has 0 spiro atoms. The van der Waals surface area contributed by atoms with E-state index in [1.807, 2.05) is 0 Å². The van der Waals surface area contributed by atoms with Gasteiger partial charge in [-0.25, -0.2) is 9.29 Å². The highest BCUT2D eigenvalue weighted by atomic mass is 32.2. The highest BCUT2D eigenvalue weighted by Gasteiger charge is 2.36. The van der Waals surface area contributed by atoms with Crippen LogP contribution in [0.2, 0.25) is 0 Å². The molecule has 2 N–H and O–H groups in total. The number of ether oxygens (including phenoxy) is 1. The number of carbonyl (C=O) groups is 1. The highest BCUT2D eigenvalue weighted by molar-refractivity contribution is 7.90. The third kappa shape index (κ3) is 3.62. The summed E-state index contributed by atoms with van der Waals surface area (Å²) in [5.41, 5.74) is -0.333. The van der Waals surface area contributed by atoms with Crippen LogP contribution in [-0.4, -0.2) is 67.1 Å². The van der Waals surface area contributed by atoms with Crippen LogP contribution >= 0.6 is 0 Å². The zero-order valence-corrected chi connectivity index (χ0v) is 15.8. The van der Waals surface area contributed by atoms with Crippen molar-refractivity contribution >= 4 is 21.8 Å². The van der Waals surface area contributed by atoms with Crippen LogP contribution in [0.3, 0.4) is 0 Å². The number of anilines is 1. The summed E-state index contributed by atoms with van der Waals surface area (Å²) in [5, 5.41) is 12.0. The molecule has 1 aromatic rings. The quantitative estimate of drug-likeness (QED) is 0.746. The Hall–Kier alpha value is -1.91. The molecule has 2 aliphatic rings. The van der Waals surface area contributed by atoms with Gasteiger partial charge in [-0.1, -0.05) is 0 Å². The Kier molecular flexibility index (Phi) is 5.09. The van der Waals surface area contributed by atoms with Crippen LogP contribution in [-0.2, 0) is 10.2 Å². The number of pyridine rings is 1. The van der Waals surface area contributed by atoms with Crippen molar-refractivity contribution in [2.45, 2.75) is 32.2 Å². The van der Waals surface area contributed by atoms with Crippen LogP contribution in [0, 0.1) is 0 Å². The third-order valence-corrected chi connectivity index (χ3v) is 6.37. The zero-order valence-electron chi connectivity index (χ0n) is 14.9. The molecule has 0 aromatic carbocycles. The monoisotopic (exact) mass is 384 g/mol. The third-order valence-electron chi connectivity index (χ3n) is 4.41. The number of amides is 1. The molecule has 0 atom stereocenters. The second-order valence-electron chi connectivity index (χ2n) is 7.08. The van der Waals surface area contributed by atoms with E-state index < -0.39 is 21.7 Å². The van der Waals surface area contributed by atoms with Crippen molar-refractivity contribution in [2.75, 3.05) is 37.2 Å². The van der Waals surface area contributed by atoms with Gasteiger partial charge in [0.05, 0.1) is 24.3 Å². The molecule has 0 radical (unpaired) electrons. The van der Waals surface area contributed by atoms with Crippen molar-refractivity contribution in [3.8, 4) is 5.88 Å². The fraction of sp³-hybridized carbons (Fsp3) is 0.625. The van der Waals surface area contributed by atoms with Gasteiger partial charge in [0.1, 0.15) is 12.3 Å². The fourth-order valence-corrected chi connectivity index (χ4v) is 4.60. The molecule has 144 valence electrons. The Bertz CT molecular complexity index is 790. The summed E-state index contributed by atoms with van der Waals surface area (Å²) < 4.78 is 34.1. The van der Waals surface area contributed by atoms with E-state index in [0.717, 1.165) is 12.8 Å². The average Bonchev–Trinajstić information content (AvgIpc) is 3.16. The molecule has 1 saturated heterocycles. The molecule has 26 heavy (non-hydrogen) atoms. The van der Waals surface area contributed by atoms with Crippen molar-refractivity contribution < 1.29 is 23.1 Å². The second-order valence-corrected chi connectivity index (χ2v) is 8.93. The number of nitrogens with zero attached hydrogens (tertiary/aromatic N) is 3. The molecular formula is C16H24N4O5S. The van der Waals surface area contributed by atoms with Crippen molar-refractivity contribution in [3.05, 3.63) is 17.8 Å². The van der Waals surface area contributed by atoms with E-state index in [9.17, 15) is 18.3 Å². The molecule has 3 heterocycles. The predicted molar refractivity (Wildman–Crippen MR) is 95.4 cm³/mol. The van der Waals surface area contributed by atoms with Gasteiger partial charge in [0.15, 0.2) is 0 Å². The minimum Gasteiger partial charge on any atom is -0.474 e. The van der Waals surface area contributed by atoms with Crippen molar-refractivity contribution in [1.29, 1.82) is 0 Å². The lowest BCUT2D eigenvalue weighted by molar-refractivity contribution is 0.0869. The van der Waals surface area contributed by atoms with E-state index in [1.54, 1.807) is 13.8 Å². The fourth-order valence-electron chi connectivity index (χ4n) is 2.92. The lowest BCUT2D eigenvalue weighted by atomic mass is 10.1. The molecule has 9 nitrogen and oxygen atoms in total. The SMILES string of the molecule is CC(C)(CO)NC(=O)c1cnc2c(c1)N(S(=O)(=O)N1CCCC1)CCO2. The average molecular weight is 384 g/mol. The first-order valence-corrected chi connectivity index (χ1v) is 9.98. The first-order chi connectivity index (χ1) is 12.2. The summed E-state index contributed by atoms with van der Waals surface area (Å²) in [5.74, 6) is -0.250. The second kappa shape index (κ2) is 7.01. The van der Waals surface area contributed by atoms with E-state index in [0.29, 0.717) is 13.1 Å². The van der Waals surface area contributed by atoms with Crippen molar-refractivity contribution in [2.24, 2.45) is 0 Å². The summed E-state index contributed by atoms with van der Waals surface area (Å²) >= 11 is 0. The maximum atomic E-state index is 12.9. The van der Waals surface area contributed by atoms with Gasteiger partial charge in [-0.15, -0.1) is 0 Å². The topological polar surface area (TPSA) is 112 Å². The van der Waals surface area contributed by atoms with Crippen LogP contribution in [0.25, 0.3) is 0 Å². The highest BCUT2D eigenvalue weighted by Crippen LogP contribution is 2.34. The maximum absolute atomic E-state index is 12.9. The van der Waals surface area contributed by atoms with Gasteiger partial charge in [0.25, 0.3) is 5.91 Å². The summed E-state index contributed by atoms with van der Waals surface area (Å²) in [6, 6.07) is 1.47. The molecule has 10 heteroatoms. The first-order valence-electron chi connectivity index (χ1n) is 8.59. The van der Waals surface area contributed by atoms with Gasteiger partial charge in [-0.05, 0) is 32.8 Å². The van der Waals surface area contributed by atoms with Crippen LogP contribution in [0.15, 0.2) is 12.3 Å². The molecule has 3 rings (SSSR count). The molecule has 1 aromatic heterocycles. The minimum absolute atomic E-state index is 0.167.